The lowest BCUT2D eigenvalue weighted by atomic mass is 10.0. The second-order valence-corrected chi connectivity index (χ2v) is 4.99. The van der Waals surface area contributed by atoms with Crippen LogP contribution in [-0.4, -0.2) is 62.9 Å². The predicted octanol–water partition coefficient (Wildman–Crippen LogP) is 0.494. The standard InChI is InChI=1S/C13H26N2O3/c1-5-14-12-9-17-8-11(12)13(16)15(4)6-7-18-10(2)3/h10-12,14H,5-9H2,1-4H3. The molecule has 1 fully saturated rings. The Bertz CT molecular complexity index is 259. The summed E-state index contributed by atoms with van der Waals surface area (Å²) in [4.78, 5) is 14.0. The van der Waals surface area contributed by atoms with E-state index in [9.17, 15) is 4.79 Å². The molecule has 1 aliphatic rings. The van der Waals surface area contributed by atoms with Crippen LogP contribution in [-0.2, 0) is 14.3 Å². The fourth-order valence-electron chi connectivity index (χ4n) is 2.08. The molecule has 0 saturated carbocycles. The van der Waals surface area contributed by atoms with E-state index in [0.29, 0.717) is 26.4 Å². The van der Waals surface area contributed by atoms with Crippen LogP contribution in [0.2, 0.25) is 0 Å². The first-order chi connectivity index (χ1) is 8.56. The van der Waals surface area contributed by atoms with Gasteiger partial charge in [0.25, 0.3) is 0 Å². The number of nitrogens with one attached hydrogen (secondary N) is 1. The predicted molar refractivity (Wildman–Crippen MR) is 70.5 cm³/mol. The van der Waals surface area contributed by atoms with E-state index >= 15 is 0 Å². The van der Waals surface area contributed by atoms with E-state index in [-0.39, 0.29) is 24.0 Å². The first kappa shape index (κ1) is 15.4. The third-order valence-electron chi connectivity index (χ3n) is 3.12. The third-order valence-corrected chi connectivity index (χ3v) is 3.12. The summed E-state index contributed by atoms with van der Waals surface area (Å²) in [6, 6.07) is 0.149. The van der Waals surface area contributed by atoms with Gasteiger partial charge in [0.15, 0.2) is 0 Å². The molecule has 5 nitrogen and oxygen atoms in total. The minimum Gasteiger partial charge on any atom is -0.379 e. The van der Waals surface area contributed by atoms with Gasteiger partial charge in [-0.1, -0.05) is 6.92 Å². The van der Waals surface area contributed by atoms with Crippen LogP contribution in [0.3, 0.4) is 0 Å². The molecule has 106 valence electrons. The topological polar surface area (TPSA) is 50.8 Å². The summed E-state index contributed by atoms with van der Waals surface area (Å²) in [6.45, 7) is 9.25. The number of rotatable bonds is 7. The van der Waals surface area contributed by atoms with Gasteiger partial charge in [0.2, 0.25) is 5.91 Å². The molecule has 0 aromatic carbocycles. The van der Waals surface area contributed by atoms with Crippen LogP contribution in [0.15, 0.2) is 0 Å². The molecule has 0 aromatic heterocycles. The Morgan fingerprint density at radius 2 is 2.22 bits per heavy atom. The molecular formula is C13H26N2O3. The summed E-state index contributed by atoms with van der Waals surface area (Å²) >= 11 is 0. The highest BCUT2D eigenvalue weighted by Gasteiger charge is 2.34. The highest BCUT2D eigenvalue weighted by atomic mass is 16.5. The van der Waals surface area contributed by atoms with E-state index in [2.05, 4.69) is 5.32 Å². The van der Waals surface area contributed by atoms with E-state index in [1.165, 1.54) is 0 Å². The van der Waals surface area contributed by atoms with Gasteiger partial charge >= 0.3 is 0 Å². The molecular weight excluding hydrogens is 232 g/mol. The lowest BCUT2D eigenvalue weighted by Crippen LogP contribution is -2.45. The number of hydrogen-bond donors (Lipinski definition) is 1. The molecule has 5 heteroatoms. The number of nitrogens with zero attached hydrogens (tertiary/aromatic N) is 1. The monoisotopic (exact) mass is 258 g/mol. The van der Waals surface area contributed by atoms with E-state index < -0.39 is 0 Å². The van der Waals surface area contributed by atoms with Crippen molar-refractivity contribution in [2.75, 3.05) is 40.0 Å². The Balaban J connectivity index is 2.37. The molecule has 0 radical (unpaired) electrons. The van der Waals surface area contributed by atoms with Gasteiger partial charge in [0.05, 0.1) is 31.8 Å². The average Bonchev–Trinajstić information content (AvgIpc) is 2.76. The zero-order chi connectivity index (χ0) is 13.5. The normalized spacial score (nSPS) is 23.6. The number of carbonyl (C=O) groups is 1. The minimum absolute atomic E-state index is 0.0611. The van der Waals surface area contributed by atoms with Crippen LogP contribution in [0.5, 0.6) is 0 Å². The van der Waals surface area contributed by atoms with Gasteiger partial charge in [-0.2, -0.15) is 0 Å². The Morgan fingerprint density at radius 1 is 1.50 bits per heavy atom. The highest BCUT2D eigenvalue weighted by molar-refractivity contribution is 5.79. The summed E-state index contributed by atoms with van der Waals surface area (Å²) in [7, 11) is 1.83. The smallest absolute Gasteiger partial charge is 0.229 e. The number of likely N-dealkylation sites (N-methyl/N-ethyl adjacent to an activating group) is 2. The third kappa shape index (κ3) is 4.55. The zero-order valence-electron chi connectivity index (χ0n) is 11.9. The van der Waals surface area contributed by atoms with Crippen molar-refractivity contribution in [1.29, 1.82) is 0 Å². The fourth-order valence-corrected chi connectivity index (χ4v) is 2.08. The first-order valence-electron chi connectivity index (χ1n) is 6.74. The van der Waals surface area contributed by atoms with Gasteiger partial charge in [0.1, 0.15) is 0 Å². The summed E-state index contributed by atoms with van der Waals surface area (Å²) in [5, 5.41) is 3.30. The zero-order valence-corrected chi connectivity index (χ0v) is 11.9. The van der Waals surface area contributed by atoms with Gasteiger partial charge in [0, 0.05) is 19.6 Å². The maximum Gasteiger partial charge on any atom is 0.229 e. The Hall–Kier alpha value is -0.650. The molecule has 0 spiro atoms. The van der Waals surface area contributed by atoms with E-state index in [1.807, 2.05) is 27.8 Å². The van der Waals surface area contributed by atoms with Crippen LogP contribution in [0.1, 0.15) is 20.8 Å². The van der Waals surface area contributed by atoms with Crippen LogP contribution in [0.25, 0.3) is 0 Å². The van der Waals surface area contributed by atoms with E-state index in [1.54, 1.807) is 4.90 Å². The Labute approximate surface area is 110 Å². The van der Waals surface area contributed by atoms with Crippen molar-refractivity contribution in [2.45, 2.75) is 32.9 Å². The van der Waals surface area contributed by atoms with Crippen molar-refractivity contribution in [2.24, 2.45) is 5.92 Å². The lowest BCUT2D eigenvalue weighted by Gasteiger charge is -2.24. The van der Waals surface area contributed by atoms with Crippen molar-refractivity contribution in [1.82, 2.24) is 10.2 Å². The highest BCUT2D eigenvalue weighted by Crippen LogP contribution is 2.16. The molecule has 1 heterocycles. The Morgan fingerprint density at radius 3 is 2.83 bits per heavy atom. The molecule has 1 saturated heterocycles. The molecule has 18 heavy (non-hydrogen) atoms. The average molecular weight is 258 g/mol. The molecule has 2 atom stereocenters. The molecule has 1 N–H and O–H groups in total. The molecule has 0 aromatic rings. The number of carbonyl (C=O) groups excluding carboxylic acids is 1. The van der Waals surface area contributed by atoms with Gasteiger partial charge in [-0.25, -0.2) is 0 Å². The quantitative estimate of drug-likeness (QED) is 0.722. The van der Waals surface area contributed by atoms with Crippen LogP contribution >= 0.6 is 0 Å². The molecule has 0 aliphatic carbocycles. The van der Waals surface area contributed by atoms with Crippen molar-refractivity contribution >= 4 is 5.91 Å². The van der Waals surface area contributed by atoms with Crippen LogP contribution in [0.4, 0.5) is 0 Å². The fraction of sp³-hybridized carbons (Fsp3) is 0.923. The molecule has 0 bridgehead atoms. The van der Waals surface area contributed by atoms with Crippen molar-refractivity contribution < 1.29 is 14.3 Å². The minimum atomic E-state index is -0.0611. The number of amides is 1. The molecule has 1 aliphatic heterocycles. The van der Waals surface area contributed by atoms with Gasteiger partial charge in [-0.15, -0.1) is 0 Å². The van der Waals surface area contributed by atoms with E-state index in [0.717, 1.165) is 6.54 Å². The summed E-state index contributed by atoms with van der Waals surface area (Å²) in [6.07, 6.45) is 0.206. The maximum absolute atomic E-state index is 12.3. The van der Waals surface area contributed by atoms with Gasteiger partial charge < -0.3 is 19.7 Å². The largest absolute Gasteiger partial charge is 0.379 e. The van der Waals surface area contributed by atoms with Crippen LogP contribution in [0, 0.1) is 5.92 Å². The van der Waals surface area contributed by atoms with Crippen LogP contribution < -0.4 is 5.32 Å². The summed E-state index contributed by atoms with van der Waals surface area (Å²) < 4.78 is 10.9. The second-order valence-electron chi connectivity index (χ2n) is 4.99. The first-order valence-corrected chi connectivity index (χ1v) is 6.74. The van der Waals surface area contributed by atoms with E-state index in [4.69, 9.17) is 9.47 Å². The van der Waals surface area contributed by atoms with Crippen molar-refractivity contribution in [3.63, 3.8) is 0 Å². The van der Waals surface area contributed by atoms with Crippen molar-refractivity contribution in [3.8, 4) is 0 Å². The molecule has 1 amide bonds. The summed E-state index contributed by atoms with van der Waals surface area (Å²) in [5.74, 6) is 0.0832. The summed E-state index contributed by atoms with van der Waals surface area (Å²) in [5.41, 5.74) is 0. The van der Waals surface area contributed by atoms with Gasteiger partial charge in [-0.3, -0.25) is 4.79 Å². The lowest BCUT2D eigenvalue weighted by molar-refractivity contribution is -0.135. The second kappa shape index (κ2) is 7.71. The molecule has 2 unspecified atom stereocenters. The SMILES string of the molecule is CCNC1COCC1C(=O)N(C)CCOC(C)C. The number of ether oxygens (including phenoxy) is 2. The molecule has 1 rings (SSSR count). The van der Waals surface area contributed by atoms with Crippen molar-refractivity contribution in [3.05, 3.63) is 0 Å². The van der Waals surface area contributed by atoms with Gasteiger partial charge in [-0.05, 0) is 20.4 Å². The maximum atomic E-state index is 12.3. The Kier molecular flexibility index (Phi) is 6.60. The number of hydrogen-bond acceptors (Lipinski definition) is 4.